The van der Waals surface area contributed by atoms with Crippen molar-refractivity contribution in [3.05, 3.63) is 29.1 Å². The van der Waals surface area contributed by atoms with Crippen LogP contribution in [0.15, 0.2) is 12.1 Å². The molecule has 0 aromatic heterocycles. The Labute approximate surface area is 121 Å². The van der Waals surface area contributed by atoms with Crippen molar-refractivity contribution in [2.24, 2.45) is 5.92 Å². The molecule has 0 saturated carbocycles. The lowest BCUT2D eigenvalue weighted by Crippen LogP contribution is -2.28. The number of fused-ring (bicyclic) bond motifs is 1. The molecule has 1 saturated heterocycles. The highest BCUT2D eigenvalue weighted by Gasteiger charge is 2.43. The van der Waals surface area contributed by atoms with Gasteiger partial charge in [-0.05, 0) is 30.0 Å². The van der Waals surface area contributed by atoms with E-state index in [1.807, 2.05) is 0 Å². The van der Waals surface area contributed by atoms with Crippen LogP contribution in [0.4, 0.5) is 4.39 Å². The molecule has 2 atom stereocenters. The van der Waals surface area contributed by atoms with Crippen LogP contribution in [-0.2, 0) is 20.7 Å². The topological polar surface area (TPSA) is 64.6 Å². The maximum Gasteiger partial charge on any atom is 0.318 e. The molecule has 2 aliphatic rings. The van der Waals surface area contributed by atoms with E-state index in [0.717, 1.165) is 18.4 Å². The molecule has 0 bridgehead atoms. The van der Waals surface area contributed by atoms with Gasteiger partial charge in [0.25, 0.3) is 0 Å². The molecule has 1 aromatic carbocycles. The van der Waals surface area contributed by atoms with E-state index < -0.39 is 29.5 Å². The molecule has 21 heavy (non-hydrogen) atoms. The predicted molar refractivity (Wildman–Crippen MR) is 71.5 cm³/mol. The average Bonchev–Trinajstić information content (AvgIpc) is 2.87. The first-order valence-corrected chi connectivity index (χ1v) is 6.92. The summed E-state index contributed by atoms with van der Waals surface area (Å²) in [6, 6.07) is 3.06. The Kier molecular flexibility index (Phi) is 3.53. The third-order valence-electron chi connectivity index (χ3n) is 4.06. The minimum absolute atomic E-state index is 0.231. The summed E-state index contributed by atoms with van der Waals surface area (Å²) in [4.78, 5) is 23.6. The Balaban J connectivity index is 1.99. The molecule has 6 heteroatoms. The zero-order valence-electron chi connectivity index (χ0n) is 11.6. The van der Waals surface area contributed by atoms with E-state index in [4.69, 9.17) is 4.74 Å². The number of nitrogens with one attached hydrogen (secondary N) is 1. The van der Waals surface area contributed by atoms with Gasteiger partial charge in [-0.15, -0.1) is 0 Å². The van der Waals surface area contributed by atoms with Crippen molar-refractivity contribution in [1.29, 1.82) is 0 Å². The van der Waals surface area contributed by atoms with Crippen molar-refractivity contribution in [2.75, 3.05) is 20.3 Å². The molecule has 0 unspecified atom stereocenters. The number of esters is 1. The smallest absolute Gasteiger partial charge is 0.318 e. The second kappa shape index (κ2) is 5.35. The Morgan fingerprint density at radius 3 is 3.05 bits per heavy atom. The fourth-order valence-electron chi connectivity index (χ4n) is 2.99. The maximum atomic E-state index is 14.3. The molecule has 1 fully saturated rings. The van der Waals surface area contributed by atoms with E-state index >= 15 is 0 Å². The number of ether oxygens (including phenoxy) is 2. The van der Waals surface area contributed by atoms with Gasteiger partial charge in [-0.25, -0.2) is 4.39 Å². The molecule has 2 aliphatic heterocycles. The van der Waals surface area contributed by atoms with E-state index in [9.17, 15) is 14.0 Å². The molecule has 0 radical (unpaired) electrons. The lowest BCUT2D eigenvalue weighted by Gasteiger charge is -2.21. The number of amides is 1. The standard InChI is InChI=1S/C15H16FNO4/c1-20-15(19)13-10(7-17-14(13)18)9-5-8-3-2-4-21-12(8)6-11(9)16/h5-6,10,13H,2-4,7H2,1H3,(H,17,18)/t10-,13-/m0/s1. The van der Waals surface area contributed by atoms with Crippen molar-refractivity contribution in [1.82, 2.24) is 5.32 Å². The van der Waals surface area contributed by atoms with Gasteiger partial charge >= 0.3 is 5.97 Å². The number of carbonyl (C=O) groups excluding carboxylic acids is 2. The van der Waals surface area contributed by atoms with Crippen LogP contribution in [0, 0.1) is 11.7 Å². The molecule has 1 N–H and O–H groups in total. The molecule has 1 amide bonds. The normalized spacial score (nSPS) is 24.0. The first-order valence-electron chi connectivity index (χ1n) is 6.92. The Morgan fingerprint density at radius 2 is 2.29 bits per heavy atom. The fraction of sp³-hybridized carbons (Fsp3) is 0.467. The Hall–Kier alpha value is -2.11. The van der Waals surface area contributed by atoms with E-state index in [0.29, 0.717) is 17.9 Å². The lowest BCUT2D eigenvalue weighted by atomic mass is 9.86. The zero-order chi connectivity index (χ0) is 15.0. The van der Waals surface area contributed by atoms with Gasteiger partial charge in [-0.3, -0.25) is 9.59 Å². The first kappa shape index (κ1) is 13.9. The van der Waals surface area contributed by atoms with Gasteiger partial charge in [-0.1, -0.05) is 0 Å². The Bertz CT molecular complexity index is 602. The largest absolute Gasteiger partial charge is 0.493 e. The number of benzene rings is 1. The third-order valence-corrected chi connectivity index (χ3v) is 4.06. The third kappa shape index (κ3) is 2.34. The number of aryl methyl sites for hydroxylation is 1. The number of rotatable bonds is 2. The summed E-state index contributed by atoms with van der Waals surface area (Å²) in [6.07, 6.45) is 1.68. The van der Waals surface area contributed by atoms with Gasteiger partial charge < -0.3 is 14.8 Å². The zero-order valence-corrected chi connectivity index (χ0v) is 11.6. The fourth-order valence-corrected chi connectivity index (χ4v) is 2.99. The highest BCUT2D eigenvalue weighted by molar-refractivity contribution is 6.00. The van der Waals surface area contributed by atoms with Gasteiger partial charge in [0.15, 0.2) is 0 Å². The van der Waals surface area contributed by atoms with Crippen molar-refractivity contribution in [2.45, 2.75) is 18.8 Å². The van der Waals surface area contributed by atoms with Crippen molar-refractivity contribution in [3.8, 4) is 5.75 Å². The van der Waals surface area contributed by atoms with Gasteiger partial charge in [0.1, 0.15) is 17.5 Å². The quantitative estimate of drug-likeness (QED) is 0.656. The molecule has 1 aromatic rings. The van der Waals surface area contributed by atoms with E-state index in [1.165, 1.54) is 13.2 Å². The number of hydrogen-bond acceptors (Lipinski definition) is 4. The van der Waals surface area contributed by atoms with Gasteiger partial charge in [0.2, 0.25) is 5.91 Å². The highest BCUT2D eigenvalue weighted by Crippen LogP contribution is 2.36. The molecule has 112 valence electrons. The average molecular weight is 293 g/mol. The molecule has 5 nitrogen and oxygen atoms in total. The van der Waals surface area contributed by atoms with Crippen LogP contribution >= 0.6 is 0 Å². The summed E-state index contributed by atoms with van der Waals surface area (Å²) < 4.78 is 24.4. The monoisotopic (exact) mass is 293 g/mol. The van der Waals surface area contributed by atoms with Crippen LogP contribution < -0.4 is 10.1 Å². The predicted octanol–water partition coefficient (Wildman–Crippen LogP) is 1.15. The van der Waals surface area contributed by atoms with Crippen LogP contribution in [0.3, 0.4) is 0 Å². The summed E-state index contributed by atoms with van der Waals surface area (Å²) in [5.41, 5.74) is 1.29. The lowest BCUT2D eigenvalue weighted by molar-refractivity contribution is -0.149. The minimum Gasteiger partial charge on any atom is -0.493 e. The van der Waals surface area contributed by atoms with Gasteiger partial charge in [0.05, 0.1) is 13.7 Å². The minimum atomic E-state index is -0.993. The highest BCUT2D eigenvalue weighted by atomic mass is 19.1. The summed E-state index contributed by atoms with van der Waals surface area (Å²) in [6.45, 7) is 0.815. The molecule has 0 spiro atoms. The van der Waals surface area contributed by atoms with E-state index in [2.05, 4.69) is 10.1 Å². The van der Waals surface area contributed by atoms with Crippen molar-refractivity contribution in [3.63, 3.8) is 0 Å². The van der Waals surface area contributed by atoms with Crippen LogP contribution in [0.2, 0.25) is 0 Å². The number of halogens is 1. The number of carbonyl (C=O) groups is 2. The van der Waals surface area contributed by atoms with Crippen LogP contribution in [0.5, 0.6) is 5.75 Å². The van der Waals surface area contributed by atoms with Crippen LogP contribution in [-0.4, -0.2) is 32.1 Å². The van der Waals surface area contributed by atoms with Crippen molar-refractivity contribution < 1.29 is 23.5 Å². The molecular formula is C15H16FNO4. The van der Waals surface area contributed by atoms with Gasteiger partial charge in [0, 0.05) is 18.5 Å². The first-order chi connectivity index (χ1) is 10.1. The Morgan fingerprint density at radius 1 is 1.48 bits per heavy atom. The molecule has 3 rings (SSSR count). The number of methoxy groups -OCH3 is 1. The summed E-state index contributed by atoms with van der Waals surface area (Å²) in [7, 11) is 1.22. The molecule has 0 aliphatic carbocycles. The summed E-state index contributed by atoms with van der Waals surface area (Å²) in [5.74, 6) is -2.49. The van der Waals surface area contributed by atoms with E-state index in [1.54, 1.807) is 6.07 Å². The van der Waals surface area contributed by atoms with Gasteiger partial charge in [-0.2, -0.15) is 0 Å². The summed E-state index contributed by atoms with van der Waals surface area (Å²) >= 11 is 0. The van der Waals surface area contributed by atoms with Crippen LogP contribution in [0.1, 0.15) is 23.5 Å². The van der Waals surface area contributed by atoms with E-state index in [-0.39, 0.29) is 6.54 Å². The second-order valence-corrected chi connectivity index (χ2v) is 5.29. The number of hydrogen-bond donors (Lipinski definition) is 1. The molecular weight excluding hydrogens is 277 g/mol. The van der Waals surface area contributed by atoms with Crippen LogP contribution in [0.25, 0.3) is 0 Å². The maximum absolute atomic E-state index is 14.3. The molecule has 2 heterocycles. The van der Waals surface area contributed by atoms with Crippen molar-refractivity contribution >= 4 is 11.9 Å². The summed E-state index contributed by atoms with van der Waals surface area (Å²) in [5, 5.41) is 2.60. The SMILES string of the molecule is COC(=O)[C@@H]1C(=O)NC[C@H]1c1cc2c(cc1F)OCCC2. The second-order valence-electron chi connectivity index (χ2n) is 5.29.